The van der Waals surface area contributed by atoms with Crippen molar-refractivity contribution in [1.29, 1.82) is 0 Å². The lowest BCUT2D eigenvalue weighted by atomic mass is 9.95. The Hall–Kier alpha value is -1.72. The largest absolute Gasteiger partial charge is 0.371 e. The molecule has 0 unspecified atom stereocenters. The molecule has 18 heavy (non-hydrogen) atoms. The summed E-state index contributed by atoms with van der Waals surface area (Å²) in [4.78, 5) is 18.6. The molecular weight excluding hydrogens is 246 g/mol. The fourth-order valence-corrected chi connectivity index (χ4v) is 3.66. The van der Waals surface area contributed by atoms with Crippen LogP contribution in [0.5, 0.6) is 0 Å². The summed E-state index contributed by atoms with van der Waals surface area (Å²) in [7, 11) is 0. The van der Waals surface area contributed by atoms with E-state index in [9.17, 15) is 4.79 Å². The Balaban J connectivity index is 2.10. The van der Waals surface area contributed by atoms with Gasteiger partial charge in [-0.05, 0) is 5.56 Å². The zero-order valence-corrected chi connectivity index (χ0v) is 10.4. The summed E-state index contributed by atoms with van der Waals surface area (Å²) in [5.41, 5.74) is 2.94. The minimum Gasteiger partial charge on any atom is -0.371 e. The fourth-order valence-electron chi connectivity index (χ4n) is 2.56. The molecule has 1 aliphatic carbocycles. The number of hydrogen-bond acceptors (Lipinski definition) is 5. The van der Waals surface area contributed by atoms with E-state index in [0.717, 1.165) is 40.2 Å². The summed E-state index contributed by atoms with van der Waals surface area (Å²) < 4.78 is 0. The van der Waals surface area contributed by atoms with Gasteiger partial charge in [-0.15, -0.1) is 11.3 Å². The summed E-state index contributed by atoms with van der Waals surface area (Å²) in [6, 6.07) is 0. The Labute approximate surface area is 108 Å². The fraction of sp³-hybridized carbons (Fsp3) is 0.231. The van der Waals surface area contributed by atoms with Crippen LogP contribution in [0, 0.1) is 0 Å². The van der Waals surface area contributed by atoms with E-state index in [0.29, 0.717) is 6.42 Å². The number of ketones is 1. The molecule has 2 aliphatic rings. The number of allylic oxidation sites excluding steroid dienone is 1. The molecule has 4 rings (SSSR count). The number of nitrogens with zero attached hydrogens (tertiary/aromatic N) is 1. The van der Waals surface area contributed by atoms with Crippen molar-refractivity contribution >= 4 is 39.1 Å². The molecule has 0 atom stereocenters. The van der Waals surface area contributed by atoms with Gasteiger partial charge >= 0.3 is 0 Å². The molecule has 2 aromatic heterocycles. The maximum atomic E-state index is 11.9. The third kappa shape index (κ3) is 1.28. The number of nitrogens with one attached hydrogen (secondary N) is 2. The van der Waals surface area contributed by atoms with E-state index in [-0.39, 0.29) is 5.78 Å². The number of pyridine rings is 1. The van der Waals surface area contributed by atoms with E-state index in [2.05, 4.69) is 21.7 Å². The summed E-state index contributed by atoms with van der Waals surface area (Å²) >= 11 is 1.69. The summed E-state index contributed by atoms with van der Waals surface area (Å²) in [6.45, 7) is 1.63. The van der Waals surface area contributed by atoms with Crippen LogP contribution in [-0.2, 0) is 6.54 Å². The molecule has 0 bridgehead atoms. The van der Waals surface area contributed by atoms with Crippen molar-refractivity contribution in [3.63, 3.8) is 0 Å². The Kier molecular flexibility index (Phi) is 2.06. The van der Waals surface area contributed by atoms with Crippen molar-refractivity contribution < 1.29 is 4.79 Å². The lowest BCUT2D eigenvalue weighted by Crippen LogP contribution is -2.26. The smallest absolute Gasteiger partial charge is 0.168 e. The minimum absolute atomic E-state index is 0.163. The van der Waals surface area contributed by atoms with Gasteiger partial charge in [0.1, 0.15) is 4.83 Å². The lowest BCUT2D eigenvalue weighted by molar-refractivity contribution is 0.0994. The molecule has 2 N–H and O–H groups in total. The Morgan fingerprint density at radius 2 is 2.33 bits per heavy atom. The van der Waals surface area contributed by atoms with Crippen molar-refractivity contribution in [1.82, 2.24) is 10.3 Å². The van der Waals surface area contributed by atoms with Crippen molar-refractivity contribution in [2.24, 2.45) is 0 Å². The van der Waals surface area contributed by atoms with E-state index >= 15 is 0 Å². The van der Waals surface area contributed by atoms with Gasteiger partial charge in [-0.25, -0.2) is 4.98 Å². The van der Waals surface area contributed by atoms with Gasteiger partial charge in [0.25, 0.3) is 0 Å². The predicted molar refractivity (Wildman–Crippen MR) is 72.9 cm³/mol. The molecule has 0 radical (unpaired) electrons. The molecule has 0 saturated carbocycles. The zero-order chi connectivity index (χ0) is 12.1. The molecule has 5 heteroatoms. The normalized spacial score (nSPS) is 17.4. The number of thiophene rings is 1. The number of carbonyl (C=O) groups is 1. The number of rotatable bonds is 0. The number of carbonyl (C=O) groups excluding carboxylic acids is 1. The maximum Gasteiger partial charge on any atom is 0.168 e. The van der Waals surface area contributed by atoms with Crippen LogP contribution in [-0.4, -0.2) is 17.4 Å². The van der Waals surface area contributed by atoms with Crippen LogP contribution in [0.3, 0.4) is 0 Å². The topological polar surface area (TPSA) is 54.0 Å². The molecule has 0 spiro atoms. The Morgan fingerprint density at radius 1 is 1.39 bits per heavy atom. The van der Waals surface area contributed by atoms with E-state index in [4.69, 9.17) is 0 Å². The van der Waals surface area contributed by atoms with Crippen molar-refractivity contribution in [3.8, 4) is 0 Å². The van der Waals surface area contributed by atoms with Crippen LogP contribution in [0.4, 0.5) is 5.69 Å². The highest BCUT2D eigenvalue weighted by Crippen LogP contribution is 2.40. The molecule has 4 nitrogen and oxygen atoms in total. The van der Waals surface area contributed by atoms with Gasteiger partial charge in [0, 0.05) is 35.0 Å². The molecule has 1 aliphatic heterocycles. The second kappa shape index (κ2) is 3.63. The van der Waals surface area contributed by atoms with E-state index in [1.165, 1.54) is 4.88 Å². The van der Waals surface area contributed by atoms with Crippen molar-refractivity contribution in [2.45, 2.75) is 13.0 Å². The quantitative estimate of drug-likeness (QED) is 0.760. The van der Waals surface area contributed by atoms with Crippen LogP contribution in [0.15, 0.2) is 12.3 Å². The molecule has 0 amide bonds. The highest BCUT2D eigenvalue weighted by Gasteiger charge is 2.23. The molecule has 3 heterocycles. The van der Waals surface area contributed by atoms with Gasteiger partial charge < -0.3 is 5.32 Å². The van der Waals surface area contributed by atoms with Gasteiger partial charge in [-0.2, -0.15) is 0 Å². The molecule has 0 aromatic carbocycles. The number of fused-ring (bicyclic) bond motifs is 5. The Morgan fingerprint density at radius 3 is 3.28 bits per heavy atom. The van der Waals surface area contributed by atoms with Crippen LogP contribution < -0.4 is 10.6 Å². The average Bonchev–Trinajstić information content (AvgIpc) is 2.77. The minimum atomic E-state index is 0.163. The van der Waals surface area contributed by atoms with Gasteiger partial charge in [-0.3, -0.25) is 10.1 Å². The SMILES string of the molecule is O=C1CC=Cc2c1cnc1sc3c(c21)NCNC3. The molecule has 0 saturated heterocycles. The van der Waals surface area contributed by atoms with Gasteiger partial charge in [0.15, 0.2) is 5.78 Å². The molecular formula is C13H11N3OS. The molecule has 90 valence electrons. The first-order valence-electron chi connectivity index (χ1n) is 5.93. The highest BCUT2D eigenvalue weighted by atomic mass is 32.1. The Bertz CT molecular complexity index is 702. The zero-order valence-electron chi connectivity index (χ0n) is 9.62. The first-order valence-corrected chi connectivity index (χ1v) is 6.75. The van der Waals surface area contributed by atoms with Gasteiger partial charge in [-0.1, -0.05) is 12.2 Å². The van der Waals surface area contributed by atoms with Crippen LogP contribution >= 0.6 is 11.3 Å². The predicted octanol–water partition coefficient (Wildman–Crippen LogP) is 2.37. The number of hydrogen-bond donors (Lipinski definition) is 2. The van der Waals surface area contributed by atoms with E-state index in [1.807, 2.05) is 6.08 Å². The first kappa shape index (κ1) is 10.2. The van der Waals surface area contributed by atoms with Crippen LogP contribution in [0.2, 0.25) is 0 Å². The van der Waals surface area contributed by atoms with Crippen LogP contribution in [0.1, 0.15) is 27.2 Å². The second-order valence-electron chi connectivity index (χ2n) is 4.48. The van der Waals surface area contributed by atoms with Gasteiger partial charge in [0.05, 0.1) is 12.4 Å². The summed E-state index contributed by atoms with van der Waals surface area (Å²) in [6.07, 6.45) is 6.20. The first-order chi connectivity index (χ1) is 8.84. The van der Waals surface area contributed by atoms with Crippen LogP contribution in [0.25, 0.3) is 16.3 Å². The number of Topliss-reactive ketones (excluding diaryl/α,β-unsaturated/α-hetero) is 1. The molecule has 0 fully saturated rings. The average molecular weight is 257 g/mol. The summed E-state index contributed by atoms with van der Waals surface area (Å²) in [5.74, 6) is 0.163. The lowest BCUT2D eigenvalue weighted by Gasteiger charge is -2.17. The number of aromatic nitrogens is 1. The van der Waals surface area contributed by atoms with Gasteiger partial charge in [0.2, 0.25) is 0 Å². The third-order valence-electron chi connectivity index (χ3n) is 3.40. The van der Waals surface area contributed by atoms with Crippen molar-refractivity contribution in [3.05, 3.63) is 28.3 Å². The third-order valence-corrected chi connectivity index (χ3v) is 4.49. The standard InChI is InChI=1S/C13H11N3OS/c17-9-3-1-2-7-8(9)4-15-13-11(7)12-10(18-13)5-14-6-16-12/h1-2,4,14,16H,3,5-6H2. The van der Waals surface area contributed by atoms with Crippen molar-refractivity contribution in [2.75, 3.05) is 12.0 Å². The number of anilines is 1. The highest BCUT2D eigenvalue weighted by molar-refractivity contribution is 7.19. The maximum absolute atomic E-state index is 11.9. The summed E-state index contributed by atoms with van der Waals surface area (Å²) in [5, 5.41) is 7.75. The van der Waals surface area contributed by atoms with E-state index < -0.39 is 0 Å². The monoisotopic (exact) mass is 257 g/mol. The van der Waals surface area contributed by atoms with E-state index in [1.54, 1.807) is 17.5 Å². The molecule has 2 aromatic rings. The second-order valence-corrected chi connectivity index (χ2v) is 5.56.